The molecule has 1 aliphatic heterocycles. The minimum atomic E-state index is -1.05. The highest BCUT2D eigenvalue weighted by Crippen LogP contribution is 2.35. The van der Waals surface area contributed by atoms with Gasteiger partial charge in [-0.1, -0.05) is 38.8 Å². The van der Waals surface area contributed by atoms with Crippen molar-refractivity contribution in [3.8, 4) is 5.75 Å². The van der Waals surface area contributed by atoms with E-state index in [2.05, 4.69) is 19.2 Å². The molecule has 1 fully saturated rings. The number of aromatic nitrogens is 1. The van der Waals surface area contributed by atoms with Gasteiger partial charge in [-0.25, -0.2) is 0 Å². The van der Waals surface area contributed by atoms with Crippen molar-refractivity contribution >= 4 is 22.9 Å². The number of amides is 2. The van der Waals surface area contributed by atoms with Gasteiger partial charge >= 0.3 is 0 Å². The Kier molecular flexibility index (Phi) is 6.35. The molecule has 3 aromatic rings. The molecule has 192 valence electrons. The van der Waals surface area contributed by atoms with Crippen LogP contribution in [0.3, 0.4) is 0 Å². The van der Waals surface area contributed by atoms with Gasteiger partial charge in [0.2, 0.25) is 5.91 Å². The third kappa shape index (κ3) is 4.29. The zero-order valence-corrected chi connectivity index (χ0v) is 21.9. The second-order valence-corrected chi connectivity index (χ2v) is 11.1. The van der Waals surface area contributed by atoms with Gasteiger partial charge in [-0.05, 0) is 56.7 Å². The number of hydrogen-bond acceptors (Lipinski definition) is 4. The molecule has 1 aliphatic carbocycles. The molecule has 7 nitrogen and oxygen atoms in total. The standard InChI is InChI=1S/C29H37N3O4/c1-18(2)36-22-11-9-21(10-12-22)16-32-27(33)25-15-26-24(13-14-35-26)31(25)17-29(32,5)28(34)30-23-8-6-7-19(3)20(23)4/h9-15,18-20,23H,6-8,16-17H2,1-5H3,(H,30,34)/t19-,20+,23-,29-/m1/s1. The molecule has 7 heteroatoms. The summed E-state index contributed by atoms with van der Waals surface area (Å²) in [7, 11) is 0. The van der Waals surface area contributed by atoms with Crippen molar-refractivity contribution in [1.82, 2.24) is 14.8 Å². The van der Waals surface area contributed by atoms with E-state index in [4.69, 9.17) is 9.15 Å². The van der Waals surface area contributed by atoms with Crippen molar-refractivity contribution in [1.29, 1.82) is 0 Å². The van der Waals surface area contributed by atoms with E-state index >= 15 is 0 Å². The summed E-state index contributed by atoms with van der Waals surface area (Å²) in [6.45, 7) is 11.0. The average Bonchev–Trinajstić information content (AvgIpc) is 3.43. The van der Waals surface area contributed by atoms with E-state index in [1.165, 1.54) is 6.42 Å². The molecule has 0 spiro atoms. The van der Waals surface area contributed by atoms with Crippen LogP contribution >= 0.6 is 0 Å². The molecule has 1 N–H and O–H groups in total. The Morgan fingerprint density at radius 2 is 1.94 bits per heavy atom. The number of rotatable bonds is 6. The number of benzene rings is 1. The van der Waals surface area contributed by atoms with Gasteiger partial charge in [0.05, 0.1) is 24.4 Å². The van der Waals surface area contributed by atoms with E-state index in [1.807, 2.05) is 55.7 Å². The van der Waals surface area contributed by atoms with E-state index in [0.29, 0.717) is 36.2 Å². The van der Waals surface area contributed by atoms with E-state index in [0.717, 1.165) is 29.7 Å². The van der Waals surface area contributed by atoms with Crippen LogP contribution in [0.2, 0.25) is 0 Å². The van der Waals surface area contributed by atoms with Crippen LogP contribution in [-0.4, -0.2) is 39.0 Å². The van der Waals surface area contributed by atoms with Gasteiger partial charge in [-0.2, -0.15) is 0 Å². The Labute approximate surface area is 212 Å². The van der Waals surface area contributed by atoms with Crippen LogP contribution in [0.5, 0.6) is 5.75 Å². The van der Waals surface area contributed by atoms with Crippen LogP contribution in [0.1, 0.15) is 69.9 Å². The zero-order chi connectivity index (χ0) is 25.6. The van der Waals surface area contributed by atoms with Crippen molar-refractivity contribution in [2.24, 2.45) is 11.8 Å². The fraction of sp³-hybridized carbons (Fsp3) is 0.517. The number of nitrogens with zero attached hydrogens (tertiary/aromatic N) is 2. The highest BCUT2D eigenvalue weighted by molar-refractivity contribution is 6.02. The summed E-state index contributed by atoms with van der Waals surface area (Å²) in [5.74, 6) is 1.48. The first-order chi connectivity index (χ1) is 17.2. The van der Waals surface area contributed by atoms with E-state index in [1.54, 1.807) is 17.2 Å². The summed E-state index contributed by atoms with van der Waals surface area (Å²) in [6.07, 6.45) is 4.98. The zero-order valence-electron chi connectivity index (χ0n) is 21.9. The average molecular weight is 492 g/mol. The van der Waals surface area contributed by atoms with E-state index in [-0.39, 0.29) is 24.0 Å². The quantitative estimate of drug-likeness (QED) is 0.502. The van der Waals surface area contributed by atoms with Gasteiger partial charge in [0.25, 0.3) is 5.91 Å². The third-order valence-electron chi connectivity index (χ3n) is 8.20. The largest absolute Gasteiger partial charge is 0.491 e. The first kappa shape index (κ1) is 24.5. The molecule has 2 aromatic heterocycles. The minimum absolute atomic E-state index is 0.0856. The summed E-state index contributed by atoms with van der Waals surface area (Å²) in [4.78, 5) is 29.6. The number of hydrogen-bond donors (Lipinski definition) is 1. The van der Waals surface area contributed by atoms with E-state index < -0.39 is 5.54 Å². The van der Waals surface area contributed by atoms with Gasteiger partial charge in [0.1, 0.15) is 17.0 Å². The van der Waals surface area contributed by atoms with Crippen molar-refractivity contribution in [2.75, 3.05) is 0 Å². The topological polar surface area (TPSA) is 76.7 Å². The van der Waals surface area contributed by atoms with Crippen LogP contribution in [0.25, 0.3) is 11.1 Å². The number of carbonyl (C=O) groups is 2. The maximum absolute atomic E-state index is 14.0. The molecular formula is C29H37N3O4. The maximum atomic E-state index is 14.0. The lowest BCUT2D eigenvalue weighted by molar-refractivity contribution is -0.134. The fourth-order valence-electron chi connectivity index (χ4n) is 5.76. The highest BCUT2D eigenvalue weighted by Gasteiger charge is 2.48. The summed E-state index contributed by atoms with van der Waals surface area (Å²) >= 11 is 0. The summed E-state index contributed by atoms with van der Waals surface area (Å²) in [5.41, 5.74) is 1.94. The van der Waals surface area contributed by atoms with Crippen molar-refractivity contribution < 1.29 is 18.7 Å². The first-order valence-corrected chi connectivity index (χ1v) is 13.1. The molecule has 4 atom stereocenters. The molecule has 5 rings (SSSR count). The molecular weight excluding hydrogens is 454 g/mol. The van der Waals surface area contributed by atoms with Gasteiger partial charge < -0.3 is 23.9 Å². The van der Waals surface area contributed by atoms with Gasteiger partial charge in [0.15, 0.2) is 5.58 Å². The highest BCUT2D eigenvalue weighted by atomic mass is 16.5. The lowest BCUT2D eigenvalue weighted by atomic mass is 9.77. The Bertz CT molecular complexity index is 1260. The number of carbonyl (C=O) groups excluding carboxylic acids is 2. The molecule has 36 heavy (non-hydrogen) atoms. The number of ether oxygens (including phenoxy) is 1. The number of nitrogens with one attached hydrogen (secondary N) is 1. The van der Waals surface area contributed by atoms with Gasteiger partial charge in [-0.15, -0.1) is 0 Å². The van der Waals surface area contributed by atoms with E-state index in [9.17, 15) is 9.59 Å². The molecule has 2 aliphatic rings. The Hall–Kier alpha value is -3.22. The molecule has 2 amide bonds. The van der Waals surface area contributed by atoms with Crippen LogP contribution in [-0.2, 0) is 17.9 Å². The molecule has 0 radical (unpaired) electrons. The smallest absolute Gasteiger partial charge is 0.271 e. The fourth-order valence-corrected chi connectivity index (χ4v) is 5.76. The number of furan rings is 1. The van der Waals surface area contributed by atoms with Gasteiger partial charge in [0, 0.05) is 24.7 Å². The molecule has 0 bridgehead atoms. The van der Waals surface area contributed by atoms with Crippen LogP contribution in [0.15, 0.2) is 47.1 Å². The normalized spacial score (nSPS) is 26.3. The van der Waals surface area contributed by atoms with Crippen molar-refractivity contribution in [3.63, 3.8) is 0 Å². The Balaban J connectivity index is 1.48. The monoisotopic (exact) mass is 491 g/mol. The molecule has 3 heterocycles. The van der Waals surface area contributed by atoms with Crippen LogP contribution in [0, 0.1) is 11.8 Å². The van der Waals surface area contributed by atoms with Crippen molar-refractivity contribution in [2.45, 2.75) is 84.7 Å². The SMILES string of the molecule is CC(C)Oc1ccc(CN2C(=O)c3cc4occc4n3C[C@]2(C)C(=O)N[C@@H]2CCC[C@@H](C)[C@@H]2C)cc1. The minimum Gasteiger partial charge on any atom is -0.491 e. The summed E-state index contributed by atoms with van der Waals surface area (Å²) in [5, 5.41) is 3.35. The van der Waals surface area contributed by atoms with Crippen LogP contribution in [0.4, 0.5) is 0 Å². The van der Waals surface area contributed by atoms with Crippen molar-refractivity contribution in [3.05, 3.63) is 53.9 Å². The Morgan fingerprint density at radius 3 is 2.67 bits per heavy atom. The second-order valence-electron chi connectivity index (χ2n) is 11.1. The van der Waals surface area contributed by atoms with Crippen LogP contribution < -0.4 is 10.1 Å². The lowest BCUT2D eigenvalue weighted by Crippen LogP contribution is -2.65. The van der Waals surface area contributed by atoms with Gasteiger partial charge in [-0.3, -0.25) is 9.59 Å². The molecule has 0 saturated heterocycles. The summed E-state index contributed by atoms with van der Waals surface area (Å²) in [6, 6.07) is 11.5. The molecule has 1 aromatic carbocycles. The molecule has 1 saturated carbocycles. The predicted octanol–water partition coefficient (Wildman–Crippen LogP) is 5.38. The predicted molar refractivity (Wildman–Crippen MR) is 139 cm³/mol. The lowest BCUT2D eigenvalue weighted by Gasteiger charge is -2.45. The first-order valence-electron chi connectivity index (χ1n) is 13.1. The molecule has 0 unspecified atom stereocenters. The maximum Gasteiger partial charge on any atom is 0.271 e. The second kappa shape index (κ2) is 9.34. The third-order valence-corrected chi connectivity index (χ3v) is 8.20. The number of fused-ring (bicyclic) bond motifs is 3. The summed E-state index contributed by atoms with van der Waals surface area (Å²) < 4.78 is 13.3. The Morgan fingerprint density at radius 1 is 1.19 bits per heavy atom.